The van der Waals surface area contributed by atoms with Crippen molar-refractivity contribution in [1.29, 1.82) is 0 Å². The Morgan fingerprint density at radius 2 is 2.15 bits per heavy atom. The van der Waals surface area contributed by atoms with E-state index in [9.17, 15) is 0 Å². The molecule has 0 spiro atoms. The van der Waals surface area contributed by atoms with Gasteiger partial charge in [-0.05, 0) is 38.5 Å². The number of amidine groups is 1. The van der Waals surface area contributed by atoms with E-state index in [1.807, 2.05) is 0 Å². The summed E-state index contributed by atoms with van der Waals surface area (Å²) in [6.07, 6.45) is 9.14. The minimum absolute atomic E-state index is 0.441. The van der Waals surface area contributed by atoms with Crippen molar-refractivity contribution in [2.24, 2.45) is 4.99 Å². The molecule has 0 amide bonds. The van der Waals surface area contributed by atoms with E-state index >= 15 is 0 Å². The Kier molecular flexibility index (Phi) is 2.56. The van der Waals surface area contributed by atoms with Crippen LogP contribution in [0.3, 0.4) is 0 Å². The number of nitrogens with one attached hydrogen (secondary N) is 1. The molecule has 0 aromatic heterocycles. The van der Waals surface area contributed by atoms with E-state index in [2.05, 4.69) is 17.2 Å². The molecule has 0 atom stereocenters. The van der Waals surface area contributed by atoms with Gasteiger partial charge in [-0.3, -0.25) is 4.99 Å². The molecule has 0 bridgehead atoms. The van der Waals surface area contributed by atoms with Crippen LogP contribution in [0.4, 0.5) is 0 Å². The van der Waals surface area contributed by atoms with Crippen LogP contribution in [0.1, 0.15) is 51.9 Å². The van der Waals surface area contributed by atoms with Crippen LogP contribution in [0.25, 0.3) is 0 Å². The zero-order valence-electron chi connectivity index (χ0n) is 8.60. The number of rotatable bonds is 2. The third-order valence-corrected chi connectivity index (χ3v) is 3.52. The number of aliphatic imine (C=N–C) groups is 1. The molecule has 0 aromatic carbocycles. The van der Waals surface area contributed by atoms with Crippen LogP contribution in [0, 0.1) is 0 Å². The van der Waals surface area contributed by atoms with Crippen molar-refractivity contribution in [3.8, 4) is 0 Å². The lowest BCUT2D eigenvalue weighted by molar-refractivity contribution is 0.208. The molecule has 0 saturated heterocycles. The van der Waals surface area contributed by atoms with Crippen LogP contribution in [-0.4, -0.2) is 17.9 Å². The highest BCUT2D eigenvalue weighted by atomic mass is 15.1. The van der Waals surface area contributed by atoms with Gasteiger partial charge in [0, 0.05) is 18.5 Å². The SMILES string of the molecule is CCC1(NC2=NCCCC2)CCC1. The van der Waals surface area contributed by atoms with Gasteiger partial charge >= 0.3 is 0 Å². The first-order valence-electron chi connectivity index (χ1n) is 5.66. The zero-order valence-corrected chi connectivity index (χ0v) is 8.60. The summed E-state index contributed by atoms with van der Waals surface area (Å²) in [4.78, 5) is 4.55. The monoisotopic (exact) mass is 180 g/mol. The molecular formula is C11H20N2. The molecule has 1 N–H and O–H groups in total. The molecule has 1 aliphatic carbocycles. The lowest BCUT2D eigenvalue weighted by Crippen LogP contribution is -2.53. The Labute approximate surface area is 80.8 Å². The van der Waals surface area contributed by atoms with E-state index in [4.69, 9.17) is 0 Å². The first-order valence-corrected chi connectivity index (χ1v) is 5.66. The van der Waals surface area contributed by atoms with E-state index in [0.29, 0.717) is 5.54 Å². The van der Waals surface area contributed by atoms with Crippen molar-refractivity contribution in [3.63, 3.8) is 0 Å². The predicted molar refractivity (Wildman–Crippen MR) is 56.2 cm³/mol. The summed E-state index contributed by atoms with van der Waals surface area (Å²) in [6.45, 7) is 3.33. The van der Waals surface area contributed by atoms with Crippen molar-refractivity contribution in [2.45, 2.75) is 57.4 Å². The molecule has 2 rings (SSSR count). The molecule has 74 valence electrons. The molecular weight excluding hydrogens is 160 g/mol. The molecule has 1 saturated carbocycles. The van der Waals surface area contributed by atoms with Gasteiger partial charge in [0.1, 0.15) is 0 Å². The van der Waals surface area contributed by atoms with Gasteiger partial charge in [-0.2, -0.15) is 0 Å². The summed E-state index contributed by atoms with van der Waals surface area (Å²) in [5.74, 6) is 1.28. The molecule has 2 nitrogen and oxygen atoms in total. The van der Waals surface area contributed by atoms with Crippen LogP contribution in [0.2, 0.25) is 0 Å². The molecule has 1 heterocycles. The average Bonchev–Trinajstić information content (AvgIpc) is 2.13. The Hall–Kier alpha value is -0.530. The Morgan fingerprint density at radius 1 is 1.31 bits per heavy atom. The van der Waals surface area contributed by atoms with E-state index in [1.165, 1.54) is 50.8 Å². The fourth-order valence-corrected chi connectivity index (χ4v) is 2.28. The molecule has 0 radical (unpaired) electrons. The second-order valence-corrected chi connectivity index (χ2v) is 4.40. The van der Waals surface area contributed by atoms with Crippen LogP contribution < -0.4 is 5.32 Å². The van der Waals surface area contributed by atoms with Crippen molar-refractivity contribution < 1.29 is 0 Å². The van der Waals surface area contributed by atoms with E-state index in [0.717, 1.165) is 6.54 Å². The minimum Gasteiger partial charge on any atom is -0.368 e. The van der Waals surface area contributed by atoms with Crippen LogP contribution in [-0.2, 0) is 0 Å². The van der Waals surface area contributed by atoms with Gasteiger partial charge in [-0.1, -0.05) is 6.92 Å². The molecule has 0 aromatic rings. The van der Waals surface area contributed by atoms with E-state index < -0.39 is 0 Å². The maximum atomic E-state index is 4.55. The Morgan fingerprint density at radius 3 is 2.62 bits per heavy atom. The molecule has 2 heteroatoms. The fourth-order valence-electron chi connectivity index (χ4n) is 2.28. The van der Waals surface area contributed by atoms with Gasteiger partial charge in [0.05, 0.1) is 5.84 Å². The maximum absolute atomic E-state index is 4.55. The summed E-state index contributed by atoms with van der Waals surface area (Å²) < 4.78 is 0. The highest BCUT2D eigenvalue weighted by Crippen LogP contribution is 2.34. The molecule has 2 aliphatic rings. The second kappa shape index (κ2) is 3.69. The Bertz CT molecular complexity index is 199. The maximum Gasteiger partial charge on any atom is 0.0967 e. The quantitative estimate of drug-likeness (QED) is 0.693. The Balaban J connectivity index is 1.91. The van der Waals surface area contributed by atoms with Gasteiger partial charge in [0.2, 0.25) is 0 Å². The third-order valence-electron chi connectivity index (χ3n) is 3.52. The van der Waals surface area contributed by atoms with Crippen molar-refractivity contribution in [1.82, 2.24) is 5.32 Å². The highest BCUT2D eigenvalue weighted by Gasteiger charge is 2.35. The fraction of sp³-hybridized carbons (Fsp3) is 0.909. The lowest BCUT2D eigenvalue weighted by atomic mass is 9.74. The van der Waals surface area contributed by atoms with Crippen LogP contribution >= 0.6 is 0 Å². The molecule has 0 unspecified atom stereocenters. The predicted octanol–water partition coefficient (Wildman–Crippen LogP) is 2.49. The number of nitrogens with zero attached hydrogens (tertiary/aromatic N) is 1. The van der Waals surface area contributed by atoms with Crippen molar-refractivity contribution >= 4 is 5.84 Å². The first-order chi connectivity index (χ1) is 6.35. The zero-order chi connectivity index (χ0) is 9.15. The largest absolute Gasteiger partial charge is 0.368 e. The van der Waals surface area contributed by atoms with E-state index in [1.54, 1.807) is 0 Å². The van der Waals surface area contributed by atoms with Crippen LogP contribution in [0.15, 0.2) is 4.99 Å². The summed E-state index contributed by atoms with van der Waals surface area (Å²) in [5.41, 5.74) is 0.441. The van der Waals surface area contributed by atoms with Crippen molar-refractivity contribution in [3.05, 3.63) is 0 Å². The van der Waals surface area contributed by atoms with Crippen molar-refractivity contribution in [2.75, 3.05) is 6.54 Å². The summed E-state index contributed by atoms with van der Waals surface area (Å²) in [6, 6.07) is 0. The first kappa shape index (κ1) is 9.04. The molecule has 1 fully saturated rings. The topological polar surface area (TPSA) is 24.4 Å². The van der Waals surface area contributed by atoms with Gasteiger partial charge in [-0.25, -0.2) is 0 Å². The normalized spacial score (nSPS) is 26.1. The summed E-state index contributed by atoms with van der Waals surface area (Å²) in [5, 5.41) is 3.67. The summed E-state index contributed by atoms with van der Waals surface area (Å²) >= 11 is 0. The highest BCUT2D eigenvalue weighted by molar-refractivity contribution is 5.83. The molecule has 13 heavy (non-hydrogen) atoms. The third kappa shape index (κ3) is 1.87. The smallest absolute Gasteiger partial charge is 0.0967 e. The standard InChI is InChI=1S/C11H20N2/c1-2-11(7-5-8-11)13-10-6-3-4-9-12-10/h2-9H2,1H3,(H,12,13). The van der Waals surface area contributed by atoms with Gasteiger partial charge < -0.3 is 5.32 Å². The molecule has 1 aliphatic heterocycles. The van der Waals surface area contributed by atoms with E-state index in [-0.39, 0.29) is 0 Å². The minimum atomic E-state index is 0.441. The average molecular weight is 180 g/mol. The van der Waals surface area contributed by atoms with Crippen LogP contribution in [0.5, 0.6) is 0 Å². The second-order valence-electron chi connectivity index (χ2n) is 4.40. The van der Waals surface area contributed by atoms with Gasteiger partial charge in [0.15, 0.2) is 0 Å². The lowest BCUT2D eigenvalue weighted by Gasteiger charge is -2.43. The summed E-state index contributed by atoms with van der Waals surface area (Å²) in [7, 11) is 0. The van der Waals surface area contributed by atoms with Gasteiger partial charge in [-0.15, -0.1) is 0 Å². The van der Waals surface area contributed by atoms with Gasteiger partial charge in [0.25, 0.3) is 0 Å². The number of hydrogen-bond donors (Lipinski definition) is 1. The number of hydrogen-bond acceptors (Lipinski definition) is 2.